The number of halogens is 1. The zero-order chi connectivity index (χ0) is 12.5. The van der Waals surface area contributed by atoms with Gasteiger partial charge in [0.1, 0.15) is 0 Å². The third-order valence-electron chi connectivity index (χ3n) is 2.55. The van der Waals surface area contributed by atoms with Gasteiger partial charge in [-0.1, -0.05) is 11.6 Å². The molecule has 0 N–H and O–H groups in total. The molecule has 0 spiro atoms. The number of pyridine rings is 2. The van der Waals surface area contributed by atoms with Gasteiger partial charge in [-0.15, -0.1) is 10.2 Å². The second-order valence-electron chi connectivity index (χ2n) is 3.63. The molecule has 0 aliphatic carbocycles. The second kappa shape index (κ2) is 4.09. The molecule has 5 nitrogen and oxygen atoms in total. The summed E-state index contributed by atoms with van der Waals surface area (Å²) < 4.78 is 1.78. The van der Waals surface area contributed by atoms with Gasteiger partial charge in [-0.05, 0) is 12.1 Å². The summed E-state index contributed by atoms with van der Waals surface area (Å²) in [7, 11) is 0. The Morgan fingerprint density at radius 2 is 2.17 bits per heavy atom. The number of fused-ring (bicyclic) bond motifs is 1. The lowest BCUT2D eigenvalue weighted by Gasteiger charge is -2.01. The van der Waals surface area contributed by atoms with Crippen LogP contribution in [-0.2, 0) is 0 Å². The molecule has 0 atom stereocenters. The largest absolute Gasteiger partial charge is 0.282 e. The highest BCUT2D eigenvalue weighted by Gasteiger charge is 2.11. The van der Waals surface area contributed by atoms with Gasteiger partial charge in [-0.2, -0.15) is 5.26 Å². The van der Waals surface area contributed by atoms with Crippen molar-refractivity contribution in [3.63, 3.8) is 0 Å². The van der Waals surface area contributed by atoms with E-state index in [1.807, 2.05) is 0 Å². The molecule has 3 rings (SSSR count). The minimum absolute atomic E-state index is 0.510. The maximum absolute atomic E-state index is 8.83. The Kier molecular flexibility index (Phi) is 2.43. The van der Waals surface area contributed by atoms with Crippen molar-refractivity contribution in [3.05, 3.63) is 47.4 Å². The zero-order valence-corrected chi connectivity index (χ0v) is 9.83. The van der Waals surface area contributed by atoms with Crippen molar-refractivity contribution in [3.8, 4) is 17.5 Å². The molecule has 0 saturated carbocycles. The van der Waals surface area contributed by atoms with E-state index < -0.39 is 0 Å². The molecule has 6 heteroatoms. The fraction of sp³-hybridized carbons (Fsp3) is 0. The maximum Gasteiger partial charge on any atom is 0.169 e. The van der Waals surface area contributed by atoms with E-state index in [1.165, 1.54) is 0 Å². The van der Waals surface area contributed by atoms with Crippen LogP contribution in [0.25, 0.3) is 17.0 Å². The molecular weight excluding hydrogens is 250 g/mol. The van der Waals surface area contributed by atoms with E-state index in [0.29, 0.717) is 22.1 Å². The van der Waals surface area contributed by atoms with Crippen LogP contribution >= 0.6 is 11.6 Å². The molecule has 18 heavy (non-hydrogen) atoms. The van der Waals surface area contributed by atoms with Crippen LogP contribution in [-0.4, -0.2) is 19.6 Å². The van der Waals surface area contributed by atoms with E-state index in [4.69, 9.17) is 16.9 Å². The number of aromatic nitrogens is 4. The first kappa shape index (κ1) is 10.7. The van der Waals surface area contributed by atoms with E-state index in [9.17, 15) is 0 Å². The number of rotatable bonds is 1. The predicted octanol–water partition coefficient (Wildman–Crippen LogP) is 2.32. The molecule has 3 aromatic heterocycles. The summed E-state index contributed by atoms with van der Waals surface area (Å²) in [4.78, 5) is 3.93. The molecule has 0 aliphatic heterocycles. The van der Waals surface area contributed by atoms with Crippen LogP contribution in [0.5, 0.6) is 0 Å². The van der Waals surface area contributed by atoms with Crippen LogP contribution in [0.2, 0.25) is 5.02 Å². The zero-order valence-electron chi connectivity index (χ0n) is 9.08. The molecule has 0 aromatic carbocycles. The minimum atomic E-state index is 0.510. The second-order valence-corrected chi connectivity index (χ2v) is 4.04. The summed E-state index contributed by atoms with van der Waals surface area (Å²) >= 11 is 6.08. The highest BCUT2D eigenvalue weighted by atomic mass is 35.5. The maximum atomic E-state index is 8.83. The van der Waals surface area contributed by atoms with Crippen molar-refractivity contribution in [2.24, 2.45) is 0 Å². The fourth-order valence-electron chi connectivity index (χ4n) is 1.70. The van der Waals surface area contributed by atoms with Crippen LogP contribution in [0.3, 0.4) is 0 Å². The molecule has 0 bridgehead atoms. The van der Waals surface area contributed by atoms with Gasteiger partial charge in [0.2, 0.25) is 0 Å². The molecule has 0 aliphatic rings. The summed E-state index contributed by atoms with van der Waals surface area (Å²) in [6, 6.07) is 7.21. The lowest BCUT2D eigenvalue weighted by molar-refractivity contribution is 1.11. The van der Waals surface area contributed by atoms with Crippen molar-refractivity contribution < 1.29 is 0 Å². The highest BCUT2D eigenvalue weighted by Crippen LogP contribution is 2.25. The average Bonchev–Trinajstić information content (AvgIpc) is 2.82. The Bertz CT molecular complexity index is 771. The number of hydrogen-bond acceptors (Lipinski definition) is 4. The lowest BCUT2D eigenvalue weighted by Crippen LogP contribution is -1.91. The van der Waals surface area contributed by atoms with Gasteiger partial charge in [0.15, 0.2) is 11.5 Å². The smallest absolute Gasteiger partial charge is 0.169 e. The van der Waals surface area contributed by atoms with Crippen LogP contribution in [0.4, 0.5) is 0 Å². The first-order chi connectivity index (χ1) is 8.79. The van der Waals surface area contributed by atoms with Crippen LogP contribution in [0.1, 0.15) is 5.56 Å². The van der Waals surface area contributed by atoms with Crippen LogP contribution in [0.15, 0.2) is 36.8 Å². The molecule has 3 aromatic rings. The van der Waals surface area contributed by atoms with E-state index >= 15 is 0 Å². The first-order valence-corrected chi connectivity index (χ1v) is 5.52. The Balaban J connectivity index is 2.26. The number of hydrogen-bond donors (Lipinski definition) is 0. The standard InChI is InChI=1S/C12H6ClN5/c13-10-7-15-3-1-9(10)12-17-16-11-5-8(6-14)2-4-18(11)12/h1-5,7H. The first-order valence-electron chi connectivity index (χ1n) is 5.14. The Morgan fingerprint density at radius 3 is 2.94 bits per heavy atom. The molecule has 0 amide bonds. The van der Waals surface area contributed by atoms with E-state index in [0.717, 1.165) is 5.56 Å². The number of nitrogens with zero attached hydrogens (tertiary/aromatic N) is 5. The van der Waals surface area contributed by atoms with Crippen molar-refractivity contribution >= 4 is 17.2 Å². The van der Waals surface area contributed by atoms with Crippen LogP contribution in [0, 0.1) is 11.3 Å². The van der Waals surface area contributed by atoms with E-state index in [-0.39, 0.29) is 0 Å². The summed E-state index contributed by atoms with van der Waals surface area (Å²) in [5.41, 5.74) is 1.91. The normalized spacial score (nSPS) is 10.4. The summed E-state index contributed by atoms with van der Waals surface area (Å²) in [5.74, 6) is 0.627. The lowest BCUT2D eigenvalue weighted by atomic mass is 10.2. The molecule has 86 valence electrons. The predicted molar refractivity (Wildman–Crippen MR) is 65.9 cm³/mol. The van der Waals surface area contributed by atoms with Gasteiger partial charge in [0.25, 0.3) is 0 Å². The van der Waals surface area contributed by atoms with Crippen molar-refractivity contribution in [2.45, 2.75) is 0 Å². The summed E-state index contributed by atoms with van der Waals surface area (Å²) in [6.07, 6.45) is 4.95. The SMILES string of the molecule is N#Cc1ccn2c(-c3ccncc3Cl)nnc2c1. The van der Waals surface area contributed by atoms with Gasteiger partial charge in [-0.25, -0.2) is 0 Å². The monoisotopic (exact) mass is 255 g/mol. The highest BCUT2D eigenvalue weighted by molar-refractivity contribution is 6.33. The molecule has 3 heterocycles. The Morgan fingerprint density at radius 1 is 1.28 bits per heavy atom. The van der Waals surface area contributed by atoms with Crippen molar-refractivity contribution in [1.82, 2.24) is 19.6 Å². The van der Waals surface area contributed by atoms with Gasteiger partial charge in [-0.3, -0.25) is 9.38 Å². The van der Waals surface area contributed by atoms with Gasteiger partial charge < -0.3 is 0 Å². The molecule has 0 radical (unpaired) electrons. The topological polar surface area (TPSA) is 66.9 Å². The van der Waals surface area contributed by atoms with Crippen molar-refractivity contribution in [2.75, 3.05) is 0 Å². The molecule has 0 unspecified atom stereocenters. The Labute approximate surface area is 107 Å². The van der Waals surface area contributed by atoms with Crippen LogP contribution < -0.4 is 0 Å². The average molecular weight is 256 g/mol. The third-order valence-corrected chi connectivity index (χ3v) is 2.85. The molecule has 0 saturated heterocycles. The van der Waals surface area contributed by atoms with Crippen molar-refractivity contribution in [1.29, 1.82) is 5.26 Å². The molecule has 0 fully saturated rings. The number of nitriles is 1. The van der Waals surface area contributed by atoms with Gasteiger partial charge >= 0.3 is 0 Å². The minimum Gasteiger partial charge on any atom is -0.282 e. The summed E-state index contributed by atoms with van der Waals surface area (Å²) in [6.45, 7) is 0. The van der Waals surface area contributed by atoms with E-state index in [1.54, 1.807) is 41.2 Å². The van der Waals surface area contributed by atoms with E-state index in [2.05, 4.69) is 21.3 Å². The summed E-state index contributed by atoms with van der Waals surface area (Å²) in [5, 5.41) is 17.5. The molecular formula is C12H6ClN5. The van der Waals surface area contributed by atoms with Gasteiger partial charge in [0, 0.05) is 30.2 Å². The van der Waals surface area contributed by atoms with Gasteiger partial charge in [0.05, 0.1) is 16.7 Å². The Hall–Kier alpha value is -2.45. The third kappa shape index (κ3) is 1.60. The quantitative estimate of drug-likeness (QED) is 0.669. The fourth-order valence-corrected chi connectivity index (χ4v) is 1.90.